The van der Waals surface area contributed by atoms with Gasteiger partial charge in [0.25, 0.3) is 0 Å². The number of likely N-dealkylation sites (tertiary alicyclic amines) is 1. The summed E-state index contributed by atoms with van der Waals surface area (Å²) in [6.45, 7) is 3.96. The third-order valence-electron chi connectivity index (χ3n) is 2.38. The number of hydrogen-bond acceptors (Lipinski definition) is 4. The lowest BCUT2D eigenvalue weighted by atomic mass is 10.1. The first-order valence-corrected chi connectivity index (χ1v) is 5.16. The van der Waals surface area contributed by atoms with Crippen molar-refractivity contribution in [2.75, 3.05) is 6.54 Å². The van der Waals surface area contributed by atoms with E-state index in [0.717, 1.165) is 0 Å². The zero-order valence-electron chi connectivity index (χ0n) is 8.27. The Bertz CT molecular complexity index is 254. The van der Waals surface area contributed by atoms with Crippen molar-refractivity contribution in [3.05, 3.63) is 0 Å². The standard InChI is InChI=1S/C9H15NO3S/c1-5(2)8(11)10-4-3-6(14)7(10)9(12)13/h5-7,14H,3-4H2,1-2H3,(H,12,13)/p-1/t6-,7+/m1/s1. The Morgan fingerprint density at radius 2 is 2.07 bits per heavy atom. The minimum Gasteiger partial charge on any atom is -0.548 e. The normalized spacial score (nSPS) is 27.0. The van der Waals surface area contributed by atoms with Crippen molar-refractivity contribution in [3.63, 3.8) is 0 Å². The molecule has 5 heteroatoms. The number of carbonyl (C=O) groups excluding carboxylic acids is 2. The lowest BCUT2D eigenvalue weighted by Gasteiger charge is -2.28. The van der Waals surface area contributed by atoms with Crippen LogP contribution in [0.5, 0.6) is 0 Å². The number of aliphatic carboxylic acids is 1. The maximum absolute atomic E-state index is 11.6. The Kier molecular flexibility index (Phi) is 3.42. The molecule has 1 fully saturated rings. The fourth-order valence-corrected chi connectivity index (χ4v) is 2.04. The highest BCUT2D eigenvalue weighted by molar-refractivity contribution is 7.81. The predicted molar refractivity (Wildman–Crippen MR) is 52.7 cm³/mol. The van der Waals surface area contributed by atoms with Crippen LogP contribution >= 0.6 is 12.6 Å². The van der Waals surface area contributed by atoms with E-state index in [1.54, 1.807) is 13.8 Å². The van der Waals surface area contributed by atoms with Gasteiger partial charge in [0.15, 0.2) is 0 Å². The molecule has 80 valence electrons. The lowest BCUT2D eigenvalue weighted by molar-refractivity contribution is -0.310. The third-order valence-corrected chi connectivity index (χ3v) is 2.93. The number of rotatable bonds is 2. The zero-order valence-corrected chi connectivity index (χ0v) is 9.16. The molecule has 0 aromatic carbocycles. The Balaban J connectivity index is 2.79. The molecule has 1 heterocycles. The molecule has 2 atom stereocenters. The number of carboxylic acid groups (broad SMARTS) is 1. The van der Waals surface area contributed by atoms with E-state index in [1.165, 1.54) is 4.90 Å². The lowest BCUT2D eigenvalue weighted by Crippen LogP contribution is -2.51. The van der Waals surface area contributed by atoms with E-state index in [2.05, 4.69) is 12.6 Å². The van der Waals surface area contributed by atoms with Gasteiger partial charge in [0.05, 0.1) is 12.0 Å². The molecular formula is C9H14NO3S-. The molecule has 1 aliphatic heterocycles. The van der Waals surface area contributed by atoms with Crippen LogP contribution in [0.2, 0.25) is 0 Å². The van der Waals surface area contributed by atoms with Crippen molar-refractivity contribution < 1.29 is 14.7 Å². The van der Waals surface area contributed by atoms with Gasteiger partial charge in [-0.2, -0.15) is 12.6 Å². The van der Waals surface area contributed by atoms with Gasteiger partial charge in [-0.05, 0) is 6.42 Å². The first-order valence-electron chi connectivity index (χ1n) is 4.64. The smallest absolute Gasteiger partial charge is 0.225 e. The van der Waals surface area contributed by atoms with Crippen LogP contribution in [0.4, 0.5) is 0 Å². The molecule has 0 spiro atoms. The van der Waals surface area contributed by atoms with Gasteiger partial charge in [-0.1, -0.05) is 13.8 Å². The topological polar surface area (TPSA) is 60.4 Å². The summed E-state index contributed by atoms with van der Waals surface area (Å²) in [4.78, 5) is 23.8. The second-order valence-electron chi connectivity index (χ2n) is 3.81. The van der Waals surface area contributed by atoms with Crippen molar-refractivity contribution in [3.8, 4) is 0 Å². The van der Waals surface area contributed by atoms with Crippen LogP contribution in [0.1, 0.15) is 20.3 Å². The van der Waals surface area contributed by atoms with E-state index in [0.29, 0.717) is 13.0 Å². The minimum atomic E-state index is -1.21. The van der Waals surface area contributed by atoms with E-state index in [-0.39, 0.29) is 17.1 Å². The Morgan fingerprint density at radius 1 is 1.50 bits per heavy atom. The summed E-state index contributed by atoms with van der Waals surface area (Å²) in [6.07, 6.45) is 0.611. The summed E-state index contributed by atoms with van der Waals surface area (Å²) >= 11 is 4.13. The summed E-state index contributed by atoms with van der Waals surface area (Å²) in [5, 5.41) is 10.5. The highest BCUT2D eigenvalue weighted by Gasteiger charge is 2.36. The van der Waals surface area contributed by atoms with Crippen molar-refractivity contribution in [1.29, 1.82) is 0 Å². The average Bonchev–Trinajstić information content (AvgIpc) is 2.45. The second kappa shape index (κ2) is 4.21. The molecule has 0 aromatic heterocycles. The van der Waals surface area contributed by atoms with Gasteiger partial charge in [-0.15, -0.1) is 0 Å². The number of carbonyl (C=O) groups is 2. The van der Waals surface area contributed by atoms with Crippen molar-refractivity contribution in [2.45, 2.75) is 31.6 Å². The predicted octanol–water partition coefficient (Wildman–Crippen LogP) is -0.708. The molecule has 1 rings (SSSR count). The van der Waals surface area contributed by atoms with Crippen LogP contribution in [0, 0.1) is 5.92 Å². The van der Waals surface area contributed by atoms with Gasteiger partial charge in [-0.3, -0.25) is 4.79 Å². The highest BCUT2D eigenvalue weighted by atomic mass is 32.1. The molecule has 0 radical (unpaired) electrons. The van der Waals surface area contributed by atoms with Crippen LogP contribution in [-0.2, 0) is 9.59 Å². The van der Waals surface area contributed by atoms with Gasteiger partial charge in [-0.25, -0.2) is 0 Å². The van der Waals surface area contributed by atoms with Crippen LogP contribution in [0.25, 0.3) is 0 Å². The molecule has 0 bridgehead atoms. The monoisotopic (exact) mass is 216 g/mol. The fourth-order valence-electron chi connectivity index (χ4n) is 1.64. The van der Waals surface area contributed by atoms with Gasteiger partial charge < -0.3 is 14.8 Å². The van der Waals surface area contributed by atoms with E-state index >= 15 is 0 Å². The molecular weight excluding hydrogens is 202 g/mol. The molecule has 1 saturated heterocycles. The Labute approximate surface area is 88.7 Å². The maximum Gasteiger partial charge on any atom is 0.225 e. The van der Waals surface area contributed by atoms with Crippen molar-refractivity contribution in [2.24, 2.45) is 5.92 Å². The first kappa shape index (κ1) is 11.4. The number of hydrogen-bond donors (Lipinski definition) is 1. The van der Waals surface area contributed by atoms with E-state index in [9.17, 15) is 14.7 Å². The first-order chi connectivity index (χ1) is 6.45. The summed E-state index contributed by atoms with van der Waals surface area (Å²) < 4.78 is 0. The largest absolute Gasteiger partial charge is 0.548 e. The number of amides is 1. The Morgan fingerprint density at radius 3 is 2.50 bits per heavy atom. The fraction of sp³-hybridized carbons (Fsp3) is 0.778. The molecule has 1 amide bonds. The third kappa shape index (κ3) is 2.03. The SMILES string of the molecule is CC(C)C(=O)N1CC[C@@H](S)[C@H]1C(=O)[O-]. The van der Waals surface area contributed by atoms with E-state index in [4.69, 9.17) is 0 Å². The van der Waals surface area contributed by atoms with Gasteiger partial charge in [0, 0.05) is 17.7 Å². The van der Waals surface area contributed by atoms with Crippen LogP contribution < -0.4 is 5.11 Å². The molecule has 0 aliphatic carbocycles. The molecule has 0 aromatic rings. The molecule has 0 unspecified atom stereocenters. The number of carboxylic acids is 1. The average molecular weight is 216 g/mol. The van der Waals surface area contributed by atoms with Crippen LogP contribution in [0.3, 0.4) is 0 Å². The number of thiol groups is 1. The quantitative estimate of drug-likeness (QED) is 0.620. The summed E-state index contributed by atoms with van der Waals surface area (Å²) in [5.41, 5.74) is 0. The van der Waals surface area contributed by atoms with Crippen LogP contribution in [-0.4, -0.2) is 34.6 Å². The van der Waals surface area contributed by atoms with Gasteiger partial charge in [0.2, 0.25) is 5.91 Å². The van der Waals surface area contributed by atoms with E-state index in [1.807, 2.05) is 0 Å². The van der Waals surface area contributed by atoms with Crippen molar-refractivity contribution in [1.82, 2.24) is 4.90 Å². The second-order valence-corrected chi connectivity index (χ2v) is 4.47. The summed E-state index contributed by atoms with van der Waals surface area (Å²) in [6, 6.07) is -0.867. The van der Waals surface area contributed by atoms with Gasteiger partial charge in [0.1, 0.15) is 0 Å². The van der Waals surface area contributed by atoms with Crippen LogP contribution in [0.15, 0.2) is 0 Å². The highest BCUT2D eigenvalue weighted by Crippen LogP contribution is 2.23. The van der Waals surface area contributed by atoms with Crippen molar-refractivity contribution >= 4 is 24.5 Å². The summed E-state index contributed by atoms with van der Waals surface area (Å²) in [5.74, 6) is -1.54. The molecule has 0 N–H and O–H groups in total. The molecule has 0 saturated carbocycles. The molecule has 4 nitrogen and oxygen atoms in total. The zero-order chi connectivity index (χ0) is 10.9. The van der Waals surface area contributed by atoms with Gasteiger partial charge >= 0.3 is 0 Å². The Hall–Kier alpha value is -0.710. The number of nitrogens with zero attached hydrogens (tertiary/aromatic N) is 1. The molecule has 1 aliphatic rings. The molecule has 14 heavy (non-hydrogen) atoms. The minimum absolute atomic E-state index is 0.143. The maximum atomic E-state index is 11.6. The summed E-state index contributed by atoms with van der Waals surface area (Å²) in [7, 11) is 0. The van der Waals surface area contributed by atoms with E-state index < -0.39 is 12.0 Å².